The van der Waals surface area contributed by atoms with Crippen molar-refractivity contribution in [3.8, 4) is 10.4 Å². The van der Waals surface area contributed by atoms with E-state index in [1.54, 1.807) is 20.8 Å². The summed E-state index contributed by atoms with van der Waals surface area (Å²) in [6.45, 7) is 5.43. The van der Waals surface area contributed by atoms with Gasteiger partial charge in [0.05, 0.1) is 10.4 Å². The van der Waals surface area contributed by atoms with Gasteiger partial charge >= 0.3 is 6.09 Å². The van der Waals surface area contributed by atoms with Gasteiger partial charge < -0.3 is 15.3 Å². The first-order valence-electron chi connectivity index (χ1n) is 7.78. The van der Waals surface area contributed by atoms with Gasteiger partial charge in [-0.3, -0.25) is 4.79 Å². The van der Waals surface area contributed by atoms with E-state index in [0.29, 0.717) is 4.88 Å². The van der Waals surface area contributed by atoms with E-state index in [1.165, 1.54) is 10.4 Å². The minimum Gasteiger partial charge on any atom is -0.465 e. The molecule has 2 amide bonds. The van der Waals surface area contributed by atoms with Crippen molar-refractivity contribution in [1.29, 1.82) is 0 Å². The fraction of sp³-hybridized carbons (Fsp3) is 0.353. The molecule has 0 fully saturated rings. The Morgan fingerprint density at radius 1 is 1.23 bits per heavy atom. The maximum absolute atomic E-state index is 13.4. The number of nitrogens with one attached hydrogen (secondary N) is 1. The Balaban J connectivity index is 2.10. The van der Waals surface area contributed by atoms with Gasteiger partial charge in [-0.25, -0.2) is 18.6 Å². The van der Waals surface area contributed by atoms with Gasteiger partial charge in [-0.15, -0.1) is 11.3 Å². The van der Waals surface area contributed by atoms with Gasteiger partial charge in [0.25, 0.3) is 5.91 Å². The van der Waals surface area contributed by atoms with E-state index in [9.17, 15) is 23.5 Å². The van der Waals surface area contributed by atoms with Gasteiger partial charge in [-0.05, 0) is 38.5 Å². The zero-order valence-corrected chi connectivity index (χ0v) is 15.4. The van der Waals surface area contributed by atoms with Crippen LogP contribution in [0.15, 0.2) is 23.7 Å². The first-order valence-corrected chi connectivity index (χ1v) is 8.66. The zero-order valence-electron chi connectivity index (χ0n) is 14.5. The highest BCUT2D eigenvalue weighted by Gasteiger charge is 2.26. The number of amides is 2. The summed E-state index contributed by atoms with van der Waals surface area (Å²) in [7, 11) is 0. The van der Waals surface area contributed by atoms with Crippen LogP contribution in [0, 0.1) is 11.6 Å². The molecule has 0 saturated heterocycles. The number of nitrogens with zero attached hydrogens (tertiary/aromatic N) is 2. The highest BCUT2D eigenvalue weighted by molar-refractivity contribution is 7.13. The Morgan fingerprint density at radius 2 is 1.85 bits per heavy atom. The van der Waals surface area contributed by atoms with Gasteiger partial charge in [0.1, 0.15) is 17.3 Å². The molecule has 9 heteroatoms. The third kappa shape index (κ3) is 4.75. The first-order chi connectivity index (χ1) is 12.1. The second-order valence-corrected chi connectivity index (χ2v) is 7.40. The lowest BCUT2D eigenvalue weighted by Gasteiger charge is -2.33. The Kier molecular flexibility index (Phi) is 5.91. The Hall–Kier alpha value is -2.55. The number of carbonyl (C=O) groups is 2. The fourth-order valence-electron chi connectivity index (χ4n) is 2.38. The van der Waals surface area contributed by atoms with Crippen LogP contribution < -0.4 is 5.32 Å². The van der Waals surface area contributed by atoms with E-state index in [2.05, 4.69) is 10.3 Å². The van der Waals surface area contributed by atoms with Crippen molar-refractivity contribution in [3.63, 3.8) is 0 Å². The molecule has 0 radical (unpaired) electrons. The number of halogens is 2. The molecule has 0 aliphatic heterocycles. The molecule has 0 saturated carbocycles. The second kappa shape index (κ2) is 7.77. The van der Waals surface area contributed by atoms with Gasteiger partial charge in [-0.1, -0.05) is 0 Å². The van der Waals surface area contributed by atoms with Gasteiger partial charge in [0, 0.05) is 24.7 Å². The number of hydrogen-bond donors (Lipinski definition) is 2. The molecule has 2 rings (SSSR count). The number of carbonyl (C=O) groups excluding carboxylic acids is 1. The van der Waals surface area contributed by atoms with Crippen LogP contribution in [0.25, 0.3) is 10.4 Å². The highest BCUT2D eigenvalue weighted by atomic mass is 32.1. The number of benzene rings is 1. The molecular formula is C17H19F2N3O3S. The largest absolute Gasteiger partial charge is 0.465 e. The summed E-state index contributed by atoms with van der Waals surface area (Å²) in [5, 5.41) is 11.8. The third-order valence-corrected chi connectivity index (χ3v) is 4.44. The number of carboxylic acid groups (broad SMARTS) is 1. The summed E-state index contributed by atoms with van der Waals surface area (Å²) in [5.41, 5.74) is 1.06. The molecule has 2 aromatic rings. The van der Waals surface area contributed by atoms with Crippen LogP contribution in [0.4, 0.5) is 13.6 Å². The average molecular weight is 383 g/mol. The van der Waals surface area contributed by atoms with Crippen LogP contribution in [0.1, 0.15) is 31.3 Å². The quantitative estimate of drug-likeness (QED) is 0.827. The molecule has 1 aromatic carbocycles. The fourth-order valence-corrected chi connectivity index (χ4v) is 3.16. The highest BCUT2D eigenvalue weighted by Crippen LogP contribution is 2.29. The number of thiazole rings is 1. The van der Waals surface area contributed by atoms with E-state index >= 15 is 0 Å². The molecular weight excluding hydrogens is 364 g/mol. The topological polar surface area (TPSA) is 82.5 Å². The summed E-state index contributed by atoms with van der Waals surface area (Å²) in [6, 6.07) is 3.00. The normalized spacial score (nSPS) is 11.3. The van der Waals surface area contributed by atoms with Crippen LogP contribution >= 0.6 is 11.3 Å². The molecule has 1 aromatic heterocycles. The Morgan fingerprint density at radius 3 is 2.38 bits per heavy atom. The molecule has 6 nitrogen and oxygen atoms in total. The minimum absolute atomic E-state index is 0.0395. The van der Waals surface area contributed by atoms with E-state index in [4.69, 9.17) is 0 Å². The Bertz CT molecular complexity index is 798. The molecule has 0 aliphatic carbocycles. The lowest BCUT2D eigenvalue weighted by atomic mass is 10.1. The molecule has 2 N–H and O–H groups in total. The summed E-state index contributed by atoms with van der Waals surface area (Å²) in [6.07, 6.45) is -1.09. The number of hydrogen-bond acceptors (Lipinski definition) is 4. The van der Waals surface area contributed by atoms with Crippen LogP contribution in [-0.4, -0.2) is 45.6 Å². The van der Waals surface area contributed by atoms with Crippen molar-refractivity contribution >= 4 is 23.3 Å². The van der Waals surface area contributed by atoms with Crippen LogP contribution in [-0.2, 0) is 0 Å². The van der Waals surface area contributed by atoms with Crippen molar-refractivity contribution < 1.29 is 23.5 Å². The molecule has 26 heavy (non-hydrogen) atoms. The molecule has 0 unspecified atom stereocenters. The maximum atomic E-state index is 13.4. The smallest absolute Gasteiger partial charge is 0.407 e. The van der Waals surface area contributed by atoms with E-state index in [-0.39, 0.29) is 24.3 Å². The van der Waals surface area contributed by atoms with E-state index in [0.717, 1.165) is 29.5 Å². The van der Waals surface area contributed by atoms with Crippen LogP contribution in [0.2, 0.25) is 0 Å². The predicted molar refractivity (Wildman–Crippen MR) is 94.3 cm³/mol. The molecule has 0 aliphatic rings. The number of aromatic nitrogens is 1. The van der Waals surface area contributed by atoms with Crippen LogP contribution in [0.3, 0.4) is 0 Å². The first kappa shape index (κ1) is 19.8. The SMILES string of the molecule is CC(C)(C)N(CCNC(=O)c1ncsc1-c1cc(F)cc(F)c1)C(=O)O. The monoisotopic (exact) mass is 383 g/mol. The summed E-state index contributed by atoms with van der Waals surface area (Å²) >= 11 is 1.09. The molecule has 0 bridgehead atoms. The molecule has 1 heterocycles. The molecule has 0 atom stereocenters. The van der Waals surface area contributed by atoms with Crippen molar-refractivity contribution in [2.24, 2.45) is 0 Å². The minimum atomic E-state index is -1.09. The summed E-state index contributed by atoms with van der Waals surface area (Å²) in [5.74, 6) is -2.03. The summed E-state index contributed by atoms with van der Waals surface area (Å²) in [4.78, 5) is 29.1. The van der Waals surface area contributed by atoms with Crippen molar-refractivity contribution in [3.05, 3.63) is 41.0 Å². The van der Waals surface area contributed by atoms with Crippen LogP contribution in [0.5, 0.6) is 0 Å². The third-order valence-electron chi connectivity index (χ3n) is 3.57. The van der Waals surface area contributed by atoms with E-state index in [1.807, 2.05) is 0 Å². The molecule has 140 valence electrons. The van der Waals surface area contributed by atoms with Gasteiger partial charge in [0.2, 0.25) is 0 Å². The maximum Gasteiger partial charge on any atom is 0.407 e. The second-order valence-electron chi connectivity index (χ2n) is 6.55. The molecule has 0 spiro atoms. The lowest BCUT2D eigenvalue weighted by Crippen LogP contribution is -2.48. The predicted octanol–water partition coefficient (Wildman–Crippen LogP) is 3.60. The average Bonchev–Trinajstić information content (AvgIpc) is 2.98. The van der Waals surface area contributed by atoms with Gasteiger partial charge in [-0.2, -0.15) is 0 Å². The lowest BCUT2D eigenvalue weighted by molar-refractivity contribution is 0.0889. The van der Waals surface area contributed by atoms with Crippen molar-refractivity contribution in [1.82, 2.24) is 15.2 Å². The summed E-state index contributed by atoms with van der Waals surface area (Å²) < 4.78 is 26.8. The zero-order chi connectivity index (χ0) is 19.5. The van der Waals surface area contributed by atoms with Crippen molar-refractivity contribution in [2.45, 2.75) is 26.3 Å². The van der Waals surface area contributed by atoms with Crippen molar-refractivity contribution in [2.75, 3.05) is 13.1 Å². The standard InChI is InChI=1S/C17H19F2N3O3S/c1-17(2,3)22(16(24)25)5-4-20-15(23)13-14(26-9-21-13)10-6-11(18)8-12(19)7-10/h6-9H,4-5H2,1-3H3,(H,20,23)(H,24,25). The Labute approximate surface area is 153 Å². The number of rotatable bonds is 5. The van der Waals surface area contributed by atoms with Gasteiger partial charge in [0.15, 0.2) is 0 Å². The van der Waals surface area contributed by atoms with E-state index < -0.39 is 29.2 Å².